The van der Waals surface area contributed by atoms with E-state index in [1.807, 2.05) is 65.1 Å². The van der Waals surface area contributed by atoms with Crippen LogP contribution in [0.3, 0.4) is 0 Å². The lowest BCUT2D eigenvalue weighted by atomic mass is 9.98. The first kappa shape index (κ1) is 28.9. The highest BCUT2D eigenvalue weighted by Gasteiger charge is 2.24. The van der Waals surface area contributed by atoms with Crippen molar-refractivity contribution < 1.29 is 23.1 Å². The van der Waals surface area contributed by atoms with Crippen LogP contribution in [-0.4, -0.2) is 25.4 Å². The number of hydrogen-bond donors (Lipinski definition) is 3. The summed E-state index contributed by atoms with van der Waals surface area (Å²) in [6.07, 6.45) is -0.375. The lowest BCUT2D eigenvalue weighted by molar-refractivity contribution is -0.137. The molecule has 0 aliphatic heterocycles. The minimum atomic E-state index is -4.21. The second-order valence-corrected chi connectivity index (χ2v) is 12.2. The molecule has 1 unspecified atom stereocenters. The Morgan fingerprint density at radius 3 is 2.21 bits per heavy atom. The summed E-state index contributed by atoms with van der Waals surface area (Å²) in [5.41, 5.74) is 2.54. The van der Waals surface area contributed by atoms with Crippen LogP contribution in [-0.2, 0) is 14.8 Å². The number of nitrogens with one attached hydrogen (secondary N) is 2. The standard InChI is InChI=1S/C28H21Cl2IN2O5S/c29-20-10-12-23(30)26(14-20)39(37,38)33-24-13-11-21(31)15-22(24)28(36)32-25(16-27(34)35)19-8-6-18(7-9-19)17-4-2-1-3-5-17/h1-15,25,33H,16H2,(H,32,36)(H,34,35). The van der Waals surface area contributed by atoms with Crippen molar-refractivity contribution >= 4 is 73.4 Å². The van der Waals surface area contributed by atoms with E-state index in [9.17, 15) is 23.1 Å². The van der Waals surface area contributed by atoms with Crippen LogP contribution in [0.5, 0.6) is 0 Å². The van der Waals surface area contributed by atoms with Crippen molar-refractivity contribution in [3.05, 3.63) is 116 Å². The fourth-order valence-electron chi connectivity index (χ4n) is 3.88. The van der Waals surface area contributed by atoms with E-state index in [4.69, 9.17) is 23.2 Å². The lowest BCUT2D eigenvalue weighted by Crippen LogP contribution is -2.31. The highest BCUT2D eigenvalue weighted by Crippen LogP contribution is 2.29. The zero-order valence-electron chi connectivity index (χ0n) is 20.1. The van der Waals surface area contributed by atoms with Crippen molar-refractivity contribution in [1.82, 2.24) is 5.32 Å². The fourth-order valence-corrected chi connectivity index (χ4v) is 6.21. The largest absolute Gasteiger partial charge is 0.481 e. The average Bonchev–Trinajstić information content (AvgIpc) is 2.91. The van der Waals surface area contributed by atoms with Crippen molar-refractivity contribution in [3.63, 3.8) is 0 Å². The van der Waals surface area contributed by atoms with Crippen molar-refractivity contribution in [2.45, 2.75) is 17.4 Å². The maximum Gasteiger partial charge on any atom is 0.305 e. The number of hydrogen-bond acceptors (Lipinski definition) is 4. The molecule has 39 heavy (non-hydrogen) atoms. The summed E-state index contributed by atoms with van der Waals surface area (Å²) in [6.45, 7) is 0. The third kappa shape index (κ3) is 7.30. The van der Waals surface area contributed by atoms with Crippen molar-refractivity contribution in [3.8, 4) is 11.1 Å². The molecule has 0 aliphatic carbocycles. The maximum atomic E-state index is 13.4. The van der Waals surface area contributed by atoms with Gasteiger partial charge in [0.25, 0.3) is 15.9 Å². The minimum Gasteiger partial charge on any atom is -0.481 e. The number of amides is 1. The Kier molecular flexibility index (Phi) is 9.16. The smallest absolute Gasteiger partial charge is 0.305 e. The van der Waals surface area contributed by atoms with Crippen LogP contribution < -0.4 is 10.0 Å². The van der Waals surface area contributed by atoms with E-state index in [0.717, 1.165) is 11.1 Å². The predicted octanol–water partition coefficient (Wildman–Crippen LogP) is 7.01. The first-order chi connectivity index (χ1) is 18.5. The van der Waals surface area contributed by atoms with Gasteiger partial charge in [0.05, 0.1) is 28.7 Å². The summed E-state index contributed by atoms with van der Waals surface area (Å²) in [4.78, 5) is 24.8. The van der Waals surface area contributed by atoms with Gasteiger partial charge in [-0.1, -0.05) is 77.8 Å². The monoisotopic (exact) mass is 694 g/mol. The first-order valence-corrected chi connectivity index (χ1v) is 14.8. The Labute approximate surface area is 249 Å². The number of carbonyl (C=O) groups excluding carboxylic acids is 1. The Balaban J connectivity index is 1.63. The predicted molar refractivity (Wildman–Crippen MR) is 161 cm³/mol. The van der Waals surface area contributed by atoms with Gasteiger partial charge in [0.15, 0.2) is 0 Å². The number of carboxylic acid groups (broad SMARTS) is 1. The molecule has 0 fully saturated rings. The van der Waals surface area contributed by atoms with Crippen LogP contribution in [0.2, 0.25) is 10.0 Å². The van der Waals surface area contributed by atoms with Crippen LogP contribution in [0.1, 0.15) is 28.4 Å². The van der Waals surface area contributed by atoms with Gasteiger partial charge in [-0.2, -0.15) is 0 Å². The van der Waals surface area contributed by atoms with Crippen LogP contribution in [0.4, 0.5) is 5.69 Å². The molecule has 0 aromatic heterocycles. The van der Waals surface area contributed by atoms with E-state index in [0.29, 0.717) is 9.13 Å². The number of carboxylic acids is 1. The van der Waals surface area contributed by atoms with E-state index < -0.39 is 27.9 Å². The normalized spacial score (nSPS) is 12.0. The third-order valence-corrected chi connectivity index (χ3v) is 8.51. The Morgan fingerprint density at radius 2 is 1.54 bits per heavy atom. The van der Waals surface area contributed by atoms with E-state index in [1.54, 1.807) is 18.2 Å². The zero-order chi connectivity index (χ0) is 28.2. The summed E-state index contributed by atoms with van der Waals surface area (Å²) in [5.74, 6) is -1.76. The van der Waals surface area contributed by atoms with Gasteiger partial charge in [-0.3, -0.25) is 14.3 Å². The zero-order valence-corrected chi connectivity index (χ0v) is 24.6. The van der Waals surface area contributed by atoms with Gasteiger partial charge >= 0.3 is 5.97 Å². The molecule has 200 valence electrons. The highest BCUT2D eigenvalue weighted by molar-refractivity contribution is 14.1. The van der Waals surface area contributed by atoms with E-state index in [1.165, 1.54) is 30.3 Å². The van der Waals surface area contributed by atoms with Gasteiger partial charge in [-0.25, -0.2) is 8.42 Å². The number of rotatable bonds is 9. The molecule has 7 nitrogen and oxygen atoms in total. The van der Waals surface area contributed by atoms with Crippen LogP contribution in [0.15, 0.2) is 95.9 Å². The number of halogens is 3. The molecule has 0 saturated carbocycles. The van der Waals surface area contributed by atoms with E-state index in [-0.39, 0.29) is 32.6 Å². The van der Waals surface area contributed by atoms with Gasteiger partial charge in [0.2, 0.25) is 0 Å². The molecular formula is C28H21Cl2IN2O5S. The summed E-state index contributed by atoms with van der Waals surface area (Å²) >= 11 is 14.1. The van der Waals surface area contributed by atoms with Gasteiger partial charge in [0, 0.05) is 8.59 Å². The molecule has 3 N–H and O–H groups in total. The molecule has 0 saturated heterocycles. The second-order valence-electron chi connectivity index (χ2n) is 8.48. The molecule has 0 radical (unpaired) electrons. The SMILES string of the molecule is O=C(O)CC(NC(=O)c1cc(I)ccc1NS(=O)(=O)c1cc(Cl)ccc1Cl)c1ccc(-c2ccccc2)cc1. The van der Waals surface area contributed by atoms with Crippen molar-refractivity contribution in [2.75, 3.05) is 4.72 Å². The first-order valence-electron chi connectivity index (χ1n) is 11.5. The van der Waals surface area contributed by atoms with E-state index >= 15 is 0 Å². The van der Waals surface area contributed by atoms with Gasteiger partial charge in [-0.05, 0) is 75.7 Å². The third-order valence-electron chi connectivity index (χ3n) is 5.76. The molecule has 4 aromatic carbocycles. The fraction of sp³-hybridized carbons (Fsp3) is 0.0714. The average molecular weight is 695 g/mol. The topological polar surface area (TPSA) is 113 Å². The number of sulfonamides is 1. The van der Waals surface area contributed by atoms with E-state index in [2.05, 4.69) is 10.0 Å². The number of anilines is 1. The molecule has 0 bridgehead atoms. The molecule has 4 aromatic rings. The number of aliphatic carboxylic acids is 1. The molecular weight excluding hydrogens is 674 g/mol. The van der Waals surface area contributed by atoms with Gasteiger partial charge in [-0.15, -0.1) is 0 Å². The van der Waals surface area contributed by atoms with Crippen LogP contribution in [0.25, 0.3) is 11.1 Å². The molecule has 0 spiro atoms. The maximum absolute atomic E-state index is 13.4. The molecule has 0 aliphatic rings. The Bertz CT molecular complexity index is 1630. The number of carbonyl (C=O) groups is 2. The summed E-state index contributed by atoms with van der Waals surface area (Å²) in [6, 6.07) is 24.6. The second kappa shape index (κ2) is 12.4. The highest BCUT2D eigenvalue weighted by atomic mass is 127. The van der Waals surface area contributed by atoms with Gasteiger partial charge < -0.3 is 10.4 Å². The summed E-state index contributed by atoms with van der Waals surface area (Å²) < 4.78 is 29.3. The minimum absolute atomic E-state index is 0.00235. The van der Waals surface area contributed by atoms with Crippen molar-refractivity contribution in [1.29, 1.82) is 0 Å². The molecule has 0 heterocycles. The molecule has 4 rings (SSSR count). The summed E-state index contributed by atoms with van der Waals surface area (Å²) in [7, 11) is -4.21. The van der Waals surface area contributed by atoms with Crippen LogP contribution in [0, 0.1) is 3.57 Å². The quantitative estimate of drug-likeness (QED) is 0.163. The molecule has 1 amide bonds. The number of benzene rings is 4. The Hall–Kier alpha value is -3.12. The van der Waals surface area contributed by atoms with Crippen molar-refractivity contribution in [2.24, 2.45) is 0 Å². The molecule has 1 atom stereocenters. The Morgan fingerprint density at radius 1 is 0.872 bits per heavy atom. The lowest BCUT2D eigenvalue weighted by Gasteiger charge is -2.20. The molecule has 11 heteroatoms. The van der Waals surface area contributed by atoms with Crippen LogP contribution >= 0.6 is 45.8 Å². The summed E-state index contributed by atoms with van der Waals surface area (Å²) in [5, 5.41) is 12.4. The van der Waals surface area contributed by atoms with Gasteiger partial charge in [0.1, 0.15) is 4.90 Å².